The molecule has 18 heavy (non-hydrogen) atoms. The number of nitrogens with zero attached hydrogens (tertiary/aromatic N) is 3. The number of hydrogen-bond acceptors (Lipinski definition) is 7. The summed E-state index contributed by atoms with van der Waals surface area (Å²) in [5.74, 6) is 2.81. The molecule has 92 valence electrons. The van der Waals surface area contributed by atoms with Crippen molar-refractivity contribution in [2.45, 2.75) is 6.10 Å². The lowest BCUT2D eigenvalue weighted by atomic mass is 10.3. The predicted molar refractivity (Wildman–Crippen MR) is 68.3 cm³/mol. The van der Waals surface area contributed by atoms with Crippen molar-refractivity contribution in [3.63, 3.8) is 0 Å². The smallest absolute Gasteiger partial charge is 0.269 e. The van der Waals surface area contributed by atoms with Gasteiger partial charge < -0.3 is 9.26 Å². The number of hydrogen-bond donors (Lipinski definition) is 0. The Hall–Kier alpha value is -1.36. The first-order valence-electron chi connectivity index (χ1n) is 5.39. The van der Waals surface area contributed by atoms with Gasteiger partial charge in [-0.05, 0) is 11.4 Å². The highest BCUT2D eigenvalue weighted by molar-refractivity contribution is 7.99. The highest BCUT2D eigenvalue weighted by atomic mass is 32.2. The minimum atomic E-state index is -0.105. The number of thioether (sulfide) groups is 1. The zero-order valence-electron chi connectivity index (χ0n) is 9.33. The number of thiophene rings is 1. The average Bonchev–Trinajstić information content (AvgIpc) is 3.08. The van der Waals surface area contributed by atoms with Crippen molar-refractivity contribution in [2.24, 2.45) is 0 Å². The van der Waals surface area contributed by atoms with Crippen molar-refractivity contribution >= 4 is 23.1 Å². The first-order chi connectivity index (χ1) is 8.88. The van der Waals surface area contributed by atoms with Gasteiger partial charge in [-0.25, -0.2) is 0 Å². The molecular weight excluding hydrogens is 270 g/mol. The molecule has 1 unspecified atom stereocenters. The van der Waals surface area contributed by atoms with Crippen LogP contribution in [0.3, 0.4) is 0 Å². The molecule has 0 aromatic carbocycles. The Bertz CT molecular complexity index is 581. The molecular formula is C11H9N3O2S2. The normalized spacial score (nSPS) is 19.6. The summed E-state index contributed by atoms with van der Waals surface area (Å²) in [5, 5.41) is 14.7. The zero-order chi connectivity index (χ0) is 12.4. The maximum atomic E-state index is 8.96. The van der Waals surface area contributed by atoms with E-state index in [0.717, 1.165) is 16.4 Å². The van der Waals surface area contributed by atoms with E-state index in [-0.39, 0.29) is 6.10 Å². The summed E-state index contributed by atoms with van der Waals surface area (Å²) in [6, 6.07) is 3.86. The van der Waals surface area contributed by atoms with Crippen LogP contribution >= 0.6 is 23.1 Å². The van der Waals surface area contributed by atoms with E-state index in [1.807, 2.05) is 17.1 Å². The third-order valence-electron chi connectivity index (χ3n) is 2.53. The van der Waals surface area contributed by atoms with Crippen molar-refractivity contribution in [3.05, 3.63) is 22.8 Å². The van der Waals surface area contributed by atoms with Gasteiger partial charge in [-0.15, -0.1) is 11.3 Å². The molecule has 0 N–H and O–H groups in total. The van der Waals surface area contributed by atoms with E-state index in [4.69, 9.17) is 14.5 Å². The number of rotatable bonds is 2. The van der Waals surface area contributed by atoms with Crippen LogP contribution in [0.4, 0.5) is 0 Å². The van der Waals surface area contributed by atoms with Crippen LogP contribution in [0.15, 0.2) is 16.0 Å². The van der Waals surface area contributed by atoms with Crippen LogP contribution in [0, 0.1) is 11.3 Å². The Morgan fingerprint density at radius 1 is 1.50 bits per heavy atom. The minimum absolute atomic E-state index is 0.105. The summed E-state index contributed by atoms with van der Waals surface area (Å²) < 4.78 is 10.8. The third kappa shape index (κ3) is 2.14. The molecule has 3 heterocycles. The molecule has 1 aliphatic heterocycles. The molecule has 0 saturated carbocycles. The standard InChI is InChI=1S/C11H9N3O2S2/c12-5-7-1-3-18-9(7)11-13-10(14-16-11)8-6-17-4-2-15-8/h1,3,8H,2,4,6H2. The van der Waals surface area contributed by atoms with Crippen molar-refractivity contribution in [1.82, 2.24) is 10.1 Å². The van der Waals surface area contributed by atoms with Gasteiger partial charge in [-0.1, -0.05) is 5.16 Å². The molecule has 1 fully saturated rings. The second-order valence-corrected chi connectivity index (χ2v) is 5.73. The Labute approximate surface area is 112 Å². The Morgan fingerprint density at radius 2 is 2.44 bits per heavy atom. The van der Waals surface area contributed by atoms with Gasteiger partial charge in [-0.3, -0.25) is 0 Å². The summed E-state index contributed by atoms with van der Waals surface area (Å²) in [4.78, 5) is 5.05. The van der Waals surface area contributed by atoms with Crippen LogP contribution in [0.5, 0.6) is 0 Å². The van der Waals surface area contributed by atoms with E-state index in [1.54, 1.807) is 6.07 Å². The zero-order valence-corrected chi connectivity index (χ0v) is 11.0. The quantitative estimate of drug-likeness (QED) is 0.841. The third-order valence-corrected chi connectivity index (χ3v) is 4.42. The van der Waals surface area contributed by atoms with Crippen molar-refractivity contribution in [3.8, 4) is 16.8 Å². The second-order valence-electron chi connectivity index (χ2n) is 3.67. The Kier molecular flexibility index (Phi) is 3.32. The molecule has 0 radical (unpaired) electrons. The monoisotopic (exact) mass is 279 g/mol. The van der Waals surface area contributed by atoms with E-state index in [0.29, 0.717) is 23.9 Å². The number of ether oxygens (including phenoxy) is 1. The van der Waals surface area contributed by atoms with Gasteiger partial charge in [0.1, 0.15) is 17.1 Å². The summed E-state index contributed by atoms with van der Waals surface area (Å²) >= 11 is 3.24. The number of aromatic nitrogens is 2. The van der Waals surface area contributed by atoms with Crippen LogP contribution in [0.25, 0.3) is 10.8 Å². The fourth-order valence-electron chi connectivity index (χ4n) is 1.66. The SMILES string of the molecule is N#Cc1ccsc1-c1nc(C2CSCCO2)no1. The average molecular weight is 279 g/mol. The first-order valence-corrected chi connectivity index (χ1v) is 7.43. The molecule has 1 saturated heterocycles. The summed E-state index contributed by atoms with van der Waals surface area (Å²) in [6.45, 7) is 0.710. The molecule has 0 bridgehead atoms. The molecule has 3 rings (SSSR count). The molecule has 5 nitrogen and oxygen atoms in total. The molecule has 0 spiro atoms. The topological polar surface area (TPSA) is 71.9 Å². The lowest BCUT2D eigenvalue weighted by Crippen LogP contribution is -2.16. The van der Waals surface area contributed by atoms with Crippen molar-refractivity contribution in [1.29, 1.82) is 5.26 Å². The summed E-state index contributed by atoms with van der Waals surface area (Å²) in [6.07, 6.45) is -0.105. The summed E-state index contributed by atoms with van der Waals surface area (Å²) in [5.41, 5.74) is 0.564. The van der Waals surface area contributed by atoms with Gasteiger partial charge >= 0.3 is 0 Å². The predicted octanol–water partition coefficient (Wildman–Crippen LogP) is 2.47. The van der Waals surface area contributed by atoms with Crippen LogP contribution in [0.2, 0.25) is 0 Å². The van der Waals surface area contributed by atoms with Crippen LogP contribution in [-0.2, 0) is 4.74 Å². The maximum Gasteiger partial charge on any atom is 0.269 e. The van der Waals surface area contributed by atoms with Gasteiger partial charge in [-0.2, -0.15) is 22.0 Å². The molecule has 1 aliphatic rings. The van der Waals surface area contributed by atoms with E-state index >= 15 is 0 Å². The molecule has 0 amide bonds. The Morgan fingerprint density at radius 3 is 3.22 bits per heavy atom. The van der Waals surface area contributed by atoms with E-state index < -0.39 is 0 Å². The van der Waals surface area contributed by atoms with Gasteiger partial charge in [0, 0.05) is 11.5 Å². The lowest BCUT2D eigenvalue weighted by molar-refractivity contribution is 0.0677. The molecule has 2 aromatic rings. The molecule has 0 aliphatic carbocycles. The van der Waals surface area contributed by atoms with Gasteiger partial charge in [0.15, 0.2) is 0 Å². The van der Waals surface area contributed by atoms with E-state index in [2.05, 4.69) is 16.2 Å². The van der Waals surface area contributed by atoms with E-state index in [9.17, 15) is 0 Å². The maximum absolute atomic E-state index is 8.96. The van der Waals surface area contributed by atoms with Crippen molar-refractivity contribution < 1.29 is 9.26 Å². The van der Waals surface area contributed by atoms with Gasteiger partial charge in [0.25, 0.3) is 5.89 Å². The van der Waals surface area contributed by atoms with Gasteiger partial charge in [0.05, 0.1) is 12.2 Å². The van der Waals surface area contributed by atoms with Crippen LogP contribution in [-0.4, -0.2) is 28.3 Å². The fourth-order valence-corrected chi connectivity index (χ4v) is 3.26. The van der Waals surface area contributed by atoms with Crippen molar-refractivity contribution in [2.75, 3.05) is 18.1 Å². The van der Waals surface area contributed by atoms with Crippen LogP contribution in [0.1, 0.15) is 17.5 Å². The minimum Gasteiger partial charge on any atom is -0.368 e. The number of nitriles is 1. The molecule has 7 heteroatoms. The summed E-state index contributed by atoms with van der Waals surface area (Å²) in [7, 11) is 0. The molecule has 2 aromatic heterocycles. The molecule has 1 atom stereocenters. The fraction of sp³-hybridized carbons (Fsp3) is 0.364. The Balaban J connectivity index is 1.87. The van der Waals surface area contributed by atoms with Gasteiger partial charge in [0.2, 0.25) is 5.82 Å². The lowest BCUT2D eigenvalue weighted by Gasteiger charge is -2.18. The second kappa shape index (κ2) is 5.10. The highest BCUT2D eigenvalue weighted by Crippen LogP contribution is 2.30. The largest absolute Gasteiger partial charge is 0.368 e. The first kappa shape index (κ1) is 11.7. The highest BCUT2D eigenvalue weighted by Gasteiger charge is 2.23. The van der Waals surface area contributed by atoms with E-state index in [1.165, 1.54) is 11.3 Å². The van der Waals surface area contributed by atoms with Crippen LogP contribution < -0.4 is 0 Å².